The van der Waals surface area contributed by atoms with Gasteiger partial charge in [0.2, 0.25) is 15.7 Å². The predicted octanol–water partition coefficient (Wildman–Crippen LogP) is 5.62. The molecule has 0 fully saturated rings. The Hall–Kier alpha value is -2.97. The molecule has 0 aliphatic heterocycles. The third-order valence-corrected chi connectivity index (χ3v) is 7.86. The van der Waals surface area contributed by atoms with E-state index in [9.17, 15) is 13.2 Å². The second kappa shape index (κ2) is 11.0. The molecule has 34 heavy (non-hydrogen) atoms. The lowest BCUT2D eigenvalue weighted by molar-refractivity contribution is -0.114. The minimum atomic E-state index is -3.84. The van der Waals surface area contributed by atoms with Crippen molar-refractivity contribution in [2.45, 2.75) is 42.4 Å². The third kappa shape index (κ3) is 5.93. The van der Waals surface area contributed by atoms with Crippen molar-refractivity contribution in [1.82, 2.24) is 0 Å². The van der Waals surface area contributed by atoms with Gasteiger partial charge in [-0.25, -0.2) is 8.42 Å². The number of ether oxygens (including phenoxy) is 1. The zero-order valence-corrected chi connectivity index (χ0v) is 21.7. The average molecular weight is 499 g/mol. The van der Waals surface area contributed by atoms with Crippen LogP contribution < -0.4 is 15.4 Å². The summed E-state index contributed by atoms with van der Waals surface area (Å²) in [6.07, 6.45) is 1.93. The summed E-state index contributed by atoms with van der Waals surface area (Å²) in [5.74, 6) is 0.180. The smallest absolute Gasteiger partial charge is 0.243 e. The van der Waals surface area contributed by atoms with E-state index >= 15 is 0 Å². The van der Waals surface area contributed by atoms with E-state index in [-0.39, 0.29) is 22.2 Å². The van der Waals surface area contributed by atoms with Crippen LogP contribution in [0.25, 0.3) is 0 Å². The Balaban J connectivity index is 1.87. The van der Waals surface area contributed by atoms with Crippen molar-refractivity contribution < 1.29 is 17.9 Å². The van der Waals surface area contributed by atoms with Gasteiger partial charge in [0, 0.05) is 16.6 Å². The fourth-order valence-electron chi connectivity index (χ4n) is 3.75. The minimum Gasteiger partial charge on any atom is -0.494 e. The lowest BCUT2D eigenvalue weighted by atomic mass is 10.1. The highest BCUT2D eigenvalue weighted by atomic mass is 32.2. The molecule has 0 heterocycles. The number of sulfone groups is 1. The van der Waals surface area contributed by atoms with Crippen LogP contribution in [0.5, 0.6) is 5.75 Å². The predicted molar refractivity (Wildman–Crippen MR) is 139 cm³/mol. The van der Waals surface area contributed by atoms with E-state index in [0.717, 1.165) is 27.3 Å². The van der Waals surface area contributed by atoms with Crippen LogP contribution in [0.2, 0.25) is 0 Å². The summed E-state index contributed by atoms with van der Waals surface area (Å²) in [6.45, 7) is 8.06. The Labute approximate surface area is 206 Å². The molecular formula is C26H30N2O4S2. The molecule has 0 bridgehead atoms. The molecule has 180 valence electrons. The first-order chi connectivity index (χ1) is 16.1. The Morgan fingerprint density at radius 1 is 0.971 bits per heavy atom. The van der Waals surface area contributed by atoms with Crippen molar-refractivity contribution in [1.29, 1.82) is 0 Å². The minimum absolute atomic E-state index is 0.0610. The van der Waals surface area contributed by atoms with Crippen LogP contribution >= 0.6 is 11.8 Å². The molecule has 1 amide bonds. The van der Waals surface area contributed by atoms with E-state index in [0.29, 0.717) is 18.0 Å². The monoisotopic (exact) mass is 498 g/mol. The highest BCUT2D eigenvalue weighted by Gasteiger charge is 2.23. The van der Waals surface area contributed by atoms with Gasteiger partial charge in [0.25, 0.3) is 0 Å². The van der Waals surface area contributed by atoms with Gasteiger partial charge in [0.05, 0.1) is 28.6 Å². The Morgan fingerprint density at radius 3 is 2.21 bits per heavy atom. The van der Waals surface area contributed by atoms with Crippen molar-refractivity contribution >= 4 is 38.9 Å². The van der Waals surface area contributed by atoms with Crippen LogP contribution in [-0.2, 0) is 14.6 Å². The summed E-state index contributed by atoms with van der Waals surface area (Å²) >= 11 is 1.54. The van der Waals surface area contributed by atoms with Gasteiger partial charge in [-0.1, -0.05) is 17.7 Å². The van der Waals surface area contributed by atoms with Crippen molar-refractivity contribution in [2.75, 3.05) is 30.0 Å². The maximum atomic E-state index is 13.5. The highest BCUT2D eigenvalue weighted by molar-refractivity contribution is 7.98. The van der Waals surface area contributed by atoms with Crippen molar-refractivity contribution in [2.24, 2.45) is 0 Å². The van der Waals surface area contributed by atoms with Gasteiger partial charge in [0.1, 0.15) is 5.75 Å². The number of carbonyl (C=O) groups excluding carboxylic acids is 1. The van der Waals surface area contributed by atoms with E-state index in [4.69, 9.17) is 4.74 Å². The van der Waals surface area contributed by atoms with Crippen LogP contribution in [0.4, 0.5) is 11.4 Å². The molecule has 8 heteroatoms. The summed E-state index contributed by atoms with van der Waals surface area (Å²) < 4.78 is 32.5. The molecule has 0 radical (unpaired) electrons. The molecule has 0 atom stereocenters. The Morgan fingerprint density at radius 2 is 1.62 bits per heavy atom. The molecule has 6 nitrogen and oxygen atoms in total. The van der Waals surface area contributed by atoms with Crippen molar-refractivity contribution in [3.05, 3.63) is 71.3 Å². The fourth-order valence-corrected chi connectivity index (χ4v) is 5.60. The molecular weight excluding hydrogens is 468 g/mol. The van der Waals surface area contributed by atoms with E-state index < -0.39 is 9.84 Å². The molecule has 3 aromatic rings. The first-order valence-electron chi connectivity index (χ1n) is 10.9. The first-order valence-corrected chi connectivity index (χ1v) is 13.6. The standard InChI is InChI=1S/C26H30N2O4S2/c1-6-32-20-7-12-23(24(15-20)34(30,31)22-10-8-21(33-5)9-11-22)27-16-25(29)28-26-18(3)13-17(2)14-19(26)4/h7-15,27H,6,16H2,1-5H3,(H,28,29). The summed E-state index contributed by atoms with van der Waals surface area (Å²) in [5.41, 5.74) is 4.18. The molecule has 3 rings (SSSR count). The summed E-state index contributed by atoms with van der Waals surface area (Å²) in [6, 6.07) is 15.6. The molecule has 0 unspecified atom stereocenters. The number of amides is 1. The summed E-state index contributed by atoms with van der Waals surface area (Å²) in [4.78, 5) is 13.9. The maximum absolute atomic E-state index is 13.5. The molecule has 0 aliphatic carbocycles. The highest BCUT2D eigenvalue weighted by Crippen LogP contribution is 2.32. The van der Waals surface area contributed by atoms with Crippen LogP contribution in [0.1, 0.15) is 23.6 Å². The first kappa shape index (κ1) is 25.6. The number of thioether (sulfide) groups is 1. The summed E-state index contributed by atoms with van der Waals surface area (Å²) in [5, 5.41) is 5.93. The molecule has 0 spiro atoms. The molecule has 3 aromatic carbocycles. The second-order valence-electron chi connectivity index (χ2n) is 7.95. The zero-order valence-electron chi connectivity index (χ0n) is 20.1. The Bertz CT molecular complexity index is 1260. The van der Waals surface area contributed by atoms with E-state index in [1.807, 2.05) is 46.1 Å². The topological polar surface area (TPSA) is 84.5 Å². The molecule has 0 aromatic heterocycles. The second-order valence-corrected chi connectivity index (χ2v) is 10.7. The van der Waals surface area contributed by atoms with Gasteiger partial charge in [-0.05, 0) is 81.5 Å². The number of nitrogens with one attached hydrogen (secondary N) is 2. The summed E-state index contributed by atoms with van der Waals surface area (Å²) in [7, 11) is -3.84. The normalized spacial score (nSPS) is 11.2. The lowest BCUT2D eigenvalue weighted by Crippen LogP contribution is -2.23. The van der Waals surface area contributed by atoms with Crippen LogP contribution in [0, 0.1) is 20.8 Å². The van der Waals surface area contributed by atoms with E-state index in [1.54, 1.807) is 36.4 Å². The molecule has 0 saturated carbocycles. The van der Waals surface area contributed by atoms with Gasteiger partial charge >= 0.3 is 0 Å². The van der Waals surface area contributed by atoms with Crippen molar-refractivity contribution in [3.8, 4) is 5.75 Å². The maximum Gasteiger partial charge on any atom is 0.243 e. The third-order valence-electron chi connectivity index (χ3n) is 5.30. The van der Waals surface area contributed by atoms with Gasteiger partial charge in [-0.3, -0.25) is 4.79 Å². The quantitative estimate of drug-likeness (QED) is 0.373. The molecule has 0 aliphatic rings. The van der Waals surface area contributed by atoms with Crippen LogP contribution in [0.3, 0.4) is 0 Å². The fraction of sp³-hybridized carbons (Fsp3) is 0.269. The van der Waals surface area contributed by atoms with E-state index in [2.05, 4.69) is 10.6 Å². The van der Waals surface area contributed by atoms with Gasteiger partial charge in [0.15, 0.2) is 0 Å². The average Bonchev–Trinajstić information content (AvgIpc) is 2.80. The number of aryl methyl sites for hydroxylation is 3. The number of anilines is 2. The number of hydrogen-bond acceptors (Lipinski definition) is 6. The van der Waals surface area contributed by atoms with Crippen LogP contribution in [0.15, 0.2) is 69.3 Å². The largest absolute Gasteiger partial charge is 0.494 e. The zero-order chi connectivity index (χ0) is 24.9. The lowest BCUT2D eigenvalue weighted by Gasteiger charge is -2.16. The Kier molecular flexibility index (Phi) is 8.28. The molecule has 0 saturated heterocycles. The van der Waals surface area contributed by atoms with Gasteiger partial charge < -0.3 is 15.4 Å². The number of rotatable bonds is 9. The number of benzene rings is 3. The molecule has 2 N–H and O–H groups in total. The SMILES string of the molecule is CCOc1ccc(NCC(=O)Nc2c(C)cc(C)cc2C)c(S(=O)(=O)c2ccc(SC)cc2)c1. The number of carbonyl (C=O) groups is 1. The van der Waals surface area contributed by atoms with Gasteiger partial charge in [-0.15, -0.1) is 11.8 Å². The van der Waals surface area contributed by atoms with Gasteiger partial charge in [-0.2, -0.15) is 0 Å². The van der Waals surface area contributed by atoms with Crippen LogP contribution in [-0.4, -0.2) is 33.7 Å². The van der Waals surface area contributed by atoms with Crippen molar-refractivity contribution in [3.63, 3.8) is 0 Å². The number of hydrogen-bond donors (Lipinski definition) is 2. The van der Waals surface area contributed by atoms with E-state index in [1.165, 1.54) is 17.8 Å².